The smallest absolute Gasteiger partial charge is 0.0133 e. The molecular formula is C15H25N. The van der Waals surface area contributed by atoms with E-state index in [0.29, 0.717) is 12.0 Å². The summed E-state index contributed by atoms with van der Waals surface area (Å²) in [6.45, 7) is 7.95. The molecule has 1 heteroatoms. The summed E-state index contributed by atoms with van der Waals surface area (Å²) in [5, 5.41) is 3.67. The van der Waals surface area contributed by atoms with Crippen LogP contribution in [0, 0.1) is 0 Å². The molecule has 0 saturated carbocycles. The molecule has 90 valence electrons. The van der Waals surface area contributed by atoms with Gasteiger partial charge in [-0.2, -0.15) is 0 Å². The molecule has 2 atom stereocenters. The van der Waals surface area contributed by atoms with E-state index >= 15 is 0 Å². The minimum atomic E-state index is 0.604. The van der Waals surface area contributed by atoms with Crippen molar-refractivity contribution < 1.29 is 0 Å². The van der Waals surface area contributed by atoms with Gasteiger partial charge in [0.15, 0.2) is 0 Å². The second-order valence-electron chi connectivity index (χ2n) is 4.55. The van der Waals surface area contributed by atoms with E-state index < -0.39 is 0 Å². The van der Waals surface area contributed by atoms with E-state index in [9.17, 15) is 0 Å². The van der Waals surface area contributed by atoms with Gasteiger partial charge in [-0.3, -0.25) is 0 Å². The molecule has 1 aromatic rings. The highest BCUT2D eigenvalue weighted by Gasteiger charge is 2.16. The summed E-state index contributed by atoms with van der Waals surface area (Å²) in [5.74, 6) is 0.604. The average molecular weight is 219 g/mol. The number of benzene rings is 1. The molecule has 0 aliphatic heterocycles. The molecule has 0 aliphatic carbocycles. The quantitative estimate of drug-likeness (QED) is 0.732. The van der Waals surface area contributed by atoms with Crippen molar-refractivity contribution in [2.75, 3.05) is 6.54 Å². The average Bonchev–Trinajstić information content (AvgIpc) is 2.35. The Morgan fingerprint density at radius 3 is 2.31 bits per heavy atom. The van der Waals surface area contributed by atoms with Gasteiger partial charge in [0.1, 0.15) is 0 Å². The molecule has 16 heavy (non-hydrogen) atoms. The van der Waals surface area contributed by atoms with Gasteiger partial charge < -0.3 is 5.32 Å². The van der Waals surface area contributed by atoms with Crippen LogP contribution in [0.1, 0.15) is 51.5 Å². The standard InChI is InChI=1S/C15H25N/c1-4-9-15(16-12-5-2)13(3)14-10-7-6-8-11-14/h6-8,10-11,13,15-16H,4-5,9,12H2,1-3H3. The highest BCUT2D eigenvalue weighted by Crippen LogP contribution is 2.21. The third-order valence-corrected chi connectivity index (χ3v) is 3.19. The van der Waals surface area contributed by atoms with Crippen LogP contribution in [0.15, 0.2) is 30.3 Å². The van der Waals surface area contributed by atoms with Crippen molar-refractivity contribution in [3.05, 3.63) is 35.9 Å². The second-order valence-corrected chi connectivity index (χ2v) is 4.55. The van der Waals surface area contributed by atoms with E-state index in [2.05, 4.69) is 56.4 Å². The molecule has 0 aliphatic rings. The Bertz CT molecular complexity index is 268. The van der Waals surface area contributed by atoms with Crippen molar-refractivity contribution in [2.45, 2.75) is 52.0 Å². The van der Waals surface area contributed by atoms with Crippen LogP contribution in [-0.4, -0.2) is 12.6 Å². The maximum absolute atomic E-state index is 3.67. The fourth-order valence-electron chi connectivity index (χ4n) is 2.16. The molecule has 0 radical (unpaired) electrons. The van der Waals surface area contributed by atoms with Crippen LogP contribution >= 0.6 is 0 Å². The fraction of sp³-hybridized carbons (Fsp3) is 0.600. The normalized spacial score (nSPS) is 14.7. The first-order chi connectivity index (χ1) is 7.79. The fourth-order valence-corrected chi connectivity index (χ4v) is 2.16. The third-order valence-electron chi connectivity index (χ3n) is 3.19. The Morgan fingerprint density at radius 2 is 1.75 bits per heavy atom. The molecule has 1 aromatic carbocycles. The summed E-state index contributed by atoms with van der Waals surface area (Å²) in [4.78, 5) is 0. The molecule has 1 nitrogen and oxygen atoms in total. The molecule has 0 aromatic heterocycles. The van der Waals surface area contributed by atoms with E-state index in [0.717, 1.165) is 6.54 Å². The molecule has 0 spiro atoms. The third kappa shape index (κ3) is 3.97. The summed E-state index contributed by atoms with van der Waals surface area (Å²) in [6, 6.07) is 11.4. The molecule has 0 bridgehead atoms. The zero-order valence-corrected chi connectivity index (χ0v) is 10.9. The van der Waals surface area contributed by atoms with Crippen LogP contribution in [0.4, 0.5) is 0 Å². The minimum absolute atomic E-state index is 0.604. The van der Waals surface area contributed by atoms with Gasteiger partial charge in [0.05, 0.1) is 0 Å². The SMILES string of the molecule is CCCNC(CCC)C(C)c1ccccc1. The lowest BCUT2D eigenvalue weighted by molar-refractivity contribution is 0.420. The molecule has 0 saturated heterocycles. The molecule has 2 unspecified atom stereocenters. The van der Waals surface area contributed by atoms with Crippen LogP contribution in [0.2, 0.25) is 0 Å². The number of nitrogens with one attached hydrogen (secondary N) is 1. The number of hydrogen-bond acceptors (Lipinski definition) is 1. The van der Waals surface area contributed by atoms with Crippen LogP contribution in [-0.2, 0) is 0 Å². The van der Waals surface area contributed by atoms with Crippen molar-refractivity contribution in [1.82, 2.24) is 5.32 Å². The van der Waals surface area contributed by atoms with E-state index in [1.165, 1.54) is 24.8 Å². The van der Waals surface area contributed by atoms with Gasteiger partial charge in [0.25, 0.3) is 0 Å². The summed E-state index contributed by atoms with van der Waals surface area (Å²) in [7, 11) is 0. The molecule has 1 N–H and O–H groups in total. The Hall–Kier alpha value is -0.820. The van der Waals surface area contributed by atoms with Gasteiger partial charge >= 0.3 is 0 Å². The van der Waals surface area contributed by atoms with Gasteiger partial charge in [-0.25, -0.2) is 0 Å². The van der Waals surface area contributed by atoms with Gasteiger partial charge in [-0.1, -0.05) is 57.5 Å². The van der Waals surface area contributed by atoms with Crippen LogP contribution in [0.5, 0.6) is 0 Å². The summed E-state index contributed by atoms with van der Waals surface area (Å²) >= 11 is 0. The van der Waals surface area contributed by atoms with Crippen molar-refractivity contribution >= 4 is 0 Å². The lowest BCUT2D eigenvalue weighted by atomic mass is 9.90. The summed E-state index contributed by atoms with van der Waals surface area (Å²) in [6.07, 6.45) is 3.72. The van der Waals surface area contributed by atoms with Crippen molar-refractivity contribution in [3.63, 3.8) is 0 Å². The zero-order valence-electron chi connectivity index (χ0n) is 10.9. The lowest BCUT2D eigenvalue weighted by Gasteiger charge is -2.25. The van der Waals surface area contributed by atoms with Gasteiger partial charge in [0.2, 0.25) is 0 Å². The molecular weight excluding hydrogens is 194 g/mol. The summed E-state index contributed by atoms with van der Waals surface area (Å²) in [5.41, 5.74) is 1.45. The summed E-state index contributed by atoms with van der Waals surface area (Å²) < 4.78 is 0. The van der Waals surface area contributed by atoms with Crippen LogP contribution in [0.3, 0.4) is 0 Å². The predicted octanol–water partition coefficient (Wildman–Crippen LogP) is 3.96. The second kappa shape index (κ2) is 7.45. The Balaban J connectivity index is 2.62. The van der Waals surface area contributed by atoms with E-state index in [4.69, 9.17) is 0 Å². The first-order valence-corrected chi connectivity index (χ1v) is 6.57. The Morgan fingerprint density at radius 1 is 1.06 bits per heavy atom. The van der Waals surface area contributed by atoms with Crippen molar-refractivity contribution in [2.24, 2.45) is 0 Å². The largest absolute Gasteiger partial charge is 0.313 e. The van der Waals surface area contributed by atoms with Gasteiger partial charge in [-0.05, 0) is 30.9 Å². The molecule has 0 heterocycles. The van der Waals surface area contributed by atoms with E-state index in [1.807, 2.05) is 0 Å². The van der Waals surface area contributed by atoms with Crippen molar-refractivity contribution in [3.8, 4) is 0 Å². The molecule has 1 rings (SSSR count). The first-order valence-electron chi connectivity index (χ1n) is 6.57. The predicted molar refractivity (Wildman–Crippen MR) is 71.8 cm³/mol. The highest BCUT2D eigenvalue weighted by molar-refractivity contribution is 5.20. The zero-order chi connectivity index (χ0) is 11.8. The van der Waals surface area contributed by atoms with E-state index in [-0.39, 0.29) is 0 Å². The maximum atomic E-state index is 3.67. The Labute approximate surface area is 100 Å². The molecule has 0 fully saturated rings. The first kappa shape index (κ1) is 13.2. The van der Waals surface area contributed by atoms with Crippen LogP contribution < -0.4 is 5.32 Å². The number of hydrogen-bond donors (Lipinski definition) is 1. The highest BCUT2D eigenvalue weighted by atomic mass is 14.9. The monoisotopic (exact) mass is 219 g/mol. The van der Waals surface area contributed by atoms with Crippen molar-refractivity contribution in [1.29, 1.82) is 0 Å². The van der Waals surface area contributed by atoms with Gasteiger partial charge in [0, 0.05) is 6.04 Å². The number of rotatable bonds is 7. The van der Waals surface area contributed by atoms with Crippen LogP contribution in [0.25, 0.3) is 0 Å². The minimum Gasteiger partial charge on any atom is -0.313 e. The lowest BCUT2D eigenvalue weighted by Crippen LogP contribution is -2.34. The Kier molecular flexibility index (Phi) is 6.17. The topological polar surface area (TPSA) is 12.0 Å². The van der Waals surface area contributed by atoms with E-state index in [1.54, 1.807) is 0 Å². The van der Waals surface area contributed by atoms with Gasteiger partial charge in [-0.15, -0.1) is 0 Å². The molecule has 0 amide bonds. The maximum Gasteiger partial charge on any atom is 0.0133 e.